The van der Waals surface area contributed by atoms with Gasteiger partial charge in [-0.05, 0) is 62.7 Å². The molecule has 2 aliphatic rings. The third-order valence-corrected chi connectivity index (χ3v) is 7.14. The minimum Gasteiger partial charge on any atom is -0.368 e. The van der Waals surface area contributed by atoms with Crippen LogP contribution in [0.3, 0.4) is 0 Å². The fourth-order valence-corrected chi connectivity index (χ4v) is 4.80. The summed E-state index contributed by atoms with van der Waals surface area (Å²) in [7, 11) is 2.17. The van der Waals surface area contributed by atoms with Gasteiger partial charge in [0.05, 0.1) is 28.5 Å². The number of nitroso groups, excluding NO2 is 1. The molecule has 0 spiro atoms. The quantitative estimate of drug-likeness (QED) is 0.438. The lowest BCUT2D eigenvalue weighted by Gasteiger charge is -2.33. The van der Waals surface area contributed by atoms with Crippen molar-refractivity contribution in [2.75, 3.05) is 38.1 Å². The number of hydrogen-bond acceptors (Lipinski definition) is 8. The van der Waals surface area contributed by atoms with E-state index in [1.807, 2.05) is 12.3 Å². The van der Waals surface area contributed by atoms with Crippen molar-refractivity contribution in [1.29, 1.82) is 0 Å². The number of fused-ring (bicyclic) bond motifs is 2. The molecule has 0 radical (unpaired) electrons. The summed E-state index contributed by atoms with van der Waals surface area (Å²) in [4.78, 5) is 20.5. The summed E-state index contributed by atoms with van der Waals surface area (Å²) in [5, 5.41) is 17.8. The van der Waals surface area contributed by atoms with Gasteiger partial charge in [-0.3, -0.25) is 4.98 Å². The first-order chi connectivity index (χ1) is 16.1. The van der Waals surface area contributed by atoms with Crippen molar-refractivity contribution in [3.63, 3.8) is 0 Å². The summed E-state index contributed by atoms with van der Waals surface area (Å²) in [6, 6.07) is 11.9. The molecule has 4 aromatic rings. The Labute approximate surface area is 191 Å². The van der Waals surface area contributed by atoms with Crippen LogP contribution in [-0.4, -0.2) is 62.9 Å². The zero-order valence-corrected chi connectivity index (χ0v) is 18.8. The number of pyridine rings is 1. The topological polar surface area (TPSA) is 91.9 Å². The Kier molecular flexibility index (Phi) is 4.62. The van der Waals surface area contributed by atoms with E-state index in [2.05, 4.69) is 61.6 Å². The van der Waals surface area contributed by atoms with Gasteiger partial charge in [0, 0.05) is 31.6 Å². The molecule has 1 unspecified atom stereocenters. The first kappa shape index (κ1) is 20.2. The summed E-state index contributed by atoms with van der Waals surface area (Å²) >= 11 is 0. The molecule has 1 aliphatic heterocycles. The first-order valence-electron chi connectivity index (χ1n) is 11.5. The Balaban J connectivity index is 1.39. The van der Waals surface area contributed by atoms with Gasteiger partial charge in [-0.1, -0.05) is 11.2 Å². The van der Waals surface area contributed by atoms with Crippen molar-refractivity contribution in [2.24, 2.45) is 5.18 Å². The lowest BCUT2D eigenvalue weighted by Crippen LogP contribution is -2.44. The highest BCUT2D eigenvalue weighted by Crippen LogP contribution is 2.53. The Morgan fingerprint density at radius 1 is 1.03 bits per heavy atom. The molecule has 1 aliphatic carbocycles. The molecule has 1 saturated carbocycles. The molecule has 0 N–H and O–H groups in total. The molecule has 1 saturated heterocycles. The standard InChI is InChI=1S/C24H26N8O/c1-16(29-33)20-5-6-22-26-27-23(32(22)28-20)24(7-8-24)18-3-4-21-17(13-18)14-19(15-25-21)31-11-9-30(2)10-12-31/h3-6,13-16H,7-12H2,1-2H3. The molecular formula is C24H26N8O. The normalized spacial score (nSPS) is 19.2. The molecule has 0 amide bonds. The van der Waals surface area contributed by atoms with Gasteiger partial charge in [0.1, 0.15) is 6.04 Å². The van der Waals surface area contributed by atoms with Gasteiger partial charge in [0.25, 0.3) is 0 Å². The maximum atomic E-state index is 11.0. The van der Waals surface area contributed by atoms with Gasteiger partial charge in [-0.15, -0.1) is 10.2 Å². The maximum absolute atomic E-state index is 11.0. The van der Waals surface area contributed by atoms with E-state index in [-0.39, 0.29) is 5.41 Å². The molecule has 4 heterocycles. The SMILES string of the molecule is CC(N=O)c1ccc2nnc(C3(c4ccc5ncc(N6CCN(C)CC6)cc5c4)CC3)n2n1. The van der Waals surface area contributed by atoms with Gasteiger partial charge < -0.3 is 9.80 Å². The molecule has 1 atom stereocenters. The lowest BCUT2D eigenvalue weighted by atomic mass is 9.93. The van der Waals surface area contributed by atoms with Gasteiger partial charge in [-0.25, -0.2) is 0 Å². The molecule has 3 aromatic heterocycles. The van der Waals surface area contributed by atoms with Crippen LogP contribution in [0.5, 0.6) is 0 Å². The number of hydrogen-bond donors (Lipinski definition) is 0. The molecule has 9 heteroatoms. The van der Waals surface area contributed by atoms with Crippen LogP contribution < -0.4 is 4.90 Å². The minimum atomic E-state index is -0.514. The largest absolute Gasteiger partial charge is 0.368 e. The Morgan fingerprint density at radius 3 is 2.61 bits per heavy atom. The van der Waals surface area contributed by atoms with Crippen LogP contribution in [0.15, 0.2) is 47.8 Å². The number of likely N-dealkylation sites (N-methyl/N-ethyl adjacent to an activating group) is 1. The average molecular weight is 443 g/mol. The first-order valence-corrected chi connectivity index (χ1v) is 11.5. The van der Waals surface area contributed by atoms with Crippen LogP contribution in [0.4, 0.5) is 5.69 Å². The summed E-state index contributed by atoms with van der Waals surface area (Å²) in [5.74, 6) is 0.819. The Hall–Kier alpha value is -3.46. The second kappa shape index (κ2) is 7.55. The van der Waals surface area contributed by atoms with E-state index >= 15 is 0 Å². The molecule has 1 aromatic carbocycles. The molecule has 33 heavy (non-hydrogen) atoms. The number of rotatable bonds is 5. The molecule has 9 nitrogen and oxygen atoms in total. The van der Waals surface area contributed by atoms with Gasteiger partial charge >= 0.3 is 0 Å². The zero-order valence-electron chi connectivity index (χ0n) is 18.8. The number of anilines is 1. The van der Waals surface area contributed by atoms with Crippen LogP contribution in [0.25, 0.3) is 16.6 Å². The van der Waals surface area contributed by atoms with E-state index in [1.165, 1.54) is 11.3 Å². The predicted octanol–water partition coefficient (Wildman–Crippen LogP) is 3.33. The minimum absolute atomic E-state index is 0.221. The highest BCUT2D eigenvalue weighted by molar-refractivity contribution is 5.83. The summed E-state index contributed by atoms with van der Waals surface area (Å²) in [5.41, 5.74) is 4.44. The van der Waals surface area contributed by atoms with E-state index in [9.17, 15) is 4.91 Å². The van der Waals surface area contributed by atoms with Crippen molar-refractivity contribution in [3.05, 3.63) is 64.6 Å². The molecule has 6 rings (SSSR count). The van der Waals surface area contributed by atoms with Gasteiger partial charge in [-0.2, -0.15) is 14.5 Å². The molecule has 168 valence electrons. The van der Waals surface area contributed by atoms with Crippen molar-refractivity contribution in [1.82, 2.24) is 29.7 Å². The molecule has 2 fully saturated rings. The summed E-state index contributed by atoms with van der Waals surface area (Å²) in [6.45, 7) is 5.90. The predicted molar refractivity (Wildman–Crippen MR) is 126 cm³/mol. The summed E-state index contributed by atoms with van der Waals surface area (Å²) in [6.07, 6.45) is 3.95. The van der Waals surface area contributed by atoms with E-state index in [1.54, 1.807) is 17.5 Å². The fraction of sp³-hybridized carbons (Fsp3) is 0.417. The van der Waals surface area contributed by atoms with Crippen LogP contribution in [-0.2, 0) is 5.41 Å². The lowest BCUT2D eigenvalue weighted by molar-refractivity contribution is 0.313. The highest BCUT2D eigenvalue weighted by Gasteiger charge is 2.50. The van der Waals surface area contributed by atoms with Crippen molar-refractivity contribution in [2.45, 2.75) is 31.2 Å². The fourth-order valence-electron chi connectivity index (χ4n) is 4.80. The smallest absolute Gasteiger partial charge is 0.177 e. The second-order valence-corrected chi connectivity index (χ2v) is 9.31. The second-order valence-electron chi connectivity index (χ2n) is 9.31. The molecular weight excluding hydrogens is 416 g/mol. The van der Waals surface area contributed by atoms with E-state index < -0.39 is 6.04 Å². The molecule has 0 bridgehead atoms. The average Bonchev–Trinajstić information content (AvgIpc) is 3.55. The number of aromatic nitrogens is 5. The van der Waals surface area contributed by atoms with E-state index in [0.29, 0.717) is 11.3 Å². The Bertz CT molecular complexity index is 1350. The monoisotopic (exact) mass is 442 g/mol. The van der Waals surface area contributed by atoms with Crippen molar-refractivity contribution in [3.8, 4) is 0 Å². The van der Waals surface area contributed by atoms with E-state index in [0.717, 1.165) is 55.7 Å². The summed E-state index contributed by atoms with van der Waals surface area (Å²) < 4.78 is 1.78. The van der Waals surface area contributed by atoms with Crippen LogP contribution in [0, 0.1) is 4.91 Å². The third-order valence-electron chi connectivity index (χ3n) is 7.14. The number of benzene rings is 1. The third kappa shape index (κ3) is 3.34. The van der Waals surface area contributed by atoms with Gasteiger partial charge in [0.15, 0.2) is 11.5 Å². The van der Waals surface area contributed by atoms with Crippen molar-refractivity contribution >= 4 is 22.2 Å². The zero-order chi connectivity index (χ0) is 22.6. The number of nitrogens with zero attached hydrogens (tertiary/aromatic N) is 8. The van der Waals surface area contributed by atoms with Crippen LogP contribution in [0.2, 0.25) is 0 Å². The maximum Gasteiger partial charge on any atom is 0.177 e. The highest BCUT2D eigenvalue weighted by atomic mass is 16.3. The van der Waals surface area contributed by atoms with E-state index in [4.69, 9.17) is 4.98 Å². The van der Waals surface area contributed by atoms with Crippen molar-refractivity contribution < 1.29 is 0 Å². The van der Waals surface area contributed by atoms with Gasteiger partial charge in [0.2, 0.25) is 0 Å². The van der Waals surface area contributed by atoms with Crippen LogP contribution >= 0.6 is 0 Å². The number of piperazine rings is 1. The van der Waals surface area contributed by atoms with Crippen LogP contribution in [0.1, 0.15) is 42.9 Å². The Morgan fingerprint density at radius 2 is 1.85 bits per heavy atom.